The van der Waals surface area contributed by atoms with Gasteiger partial charge in [0.1, 0.15) is 17.8 Å². The summed E-state index contributed by atoms with van der Waals surface area (Å²) in [6, 6.07) is 0. The van der Waals surface area contributed by atoms with Crippen molar-refractivity contribution < 1.29 is 48.7 Å². The number of rotatable bonds is 14. The summed E-state index contributed by atoms with van der Waals surface area (Å²) in [4.78, 5) is 38.5. The van der Waals surface area contributed by atoms with E-state index in [0.29, 0.717) is 38.8 Å². The third-order valence-corrected chi connectivity index (χ3v) is 5.55. The number of unbranched alkanes of at least 4 members (excludes halogenated alkanes) is 3. The molecule has 0 saturated carbocycles. The summed E-state index contributed by atoms with van der Waals surface area (Å²) in [6.07, 6.45) is -3.25. The summed E-state index contributed by atoms with van der Waals surface area (Å²) in [5, 5.41) is 30.0. The summed E-state index contributed by atoms with van der Waals surface area (Å²) < 4.78 is 21.2. The van der Waals surface area contributed by atoms with Crippen LogP contribution in [0.25, 0.3) is 0 Å². The molecule has 1 amide bonds. The Labute approximate surface area is 214 Å². The van der Waals surface area contributed by atoms with E-state index in [2.05, 4.69) is 0 Å². The maximum absolute atomic E-state index is 12.4. The highest BCUT2D eigenvalue weighted by Crippen LogP contribution is 2.26. The first-order chi connectivity index (χ1) is 16.9. The van der Waals surface area contributed by atoms with E-state index in [1.165, 1.54) is 0 Å². The number of hydrogen-bond acceptors (Lipinski definition) is 10. The molecule has 1 rings (SSSR count). The zero-order valence-corrected chi connectivity index (χ0v) is 22.3. The normalized spacial score (nSPS) is 24.2. The Morgan fingerprint density at radius 1 is 0.861 bits per heavy atom. The highest BCUT2D eigenvalue weighted by molar-refractivity contribution is 5.71. The average Bonchev–Trinajstić information content (AvgIpc) is 2.79. The third kappa shape index (κ3) is 11.4. The van der Waals surface area contributed by atoms with Crippen molar-refractivity contribution >= 4 is 18.0 Å². The molecule has 2 unspecified atom stereocenters. The second-order valence-electron chi connectivity index (χ2n) is 10.0. The Morgan fingerprint density at radius 2 is 1.47 bits per heavy atom. The zero-order chi connectivity index (χ0) is 27.3. The Balaban J connectivity index is 2.58. The Hall–Kier alpha value is -1.95. The first-order valence-electron chi connectivity index (χ1n) is 12.9. The second kappa shape index (κ2) is 16.0. The molecule has 36 heavy (non-hydrogen) atoms. The first-order valence-corrected chi connectivity index (χ1v) is 12.9. The van der Waals surface area contributed by atoms with Crippen LogP contribution in [0.5, 0.6) is 0 Å². The Kier molecular flexibility index (Phi) is 14.3. The first kappa shape index (κ1) is 32.1. The predicted molar refractivity (Wildman–Crippen MR) is 130 cm³/mol. The second-order valence-corrected chi connectivity index (χ2v) is 10.0. The molecule has 0 aromatic heterocycles. The van der Waals surface area contributed by atoms with E-state index in [0.717, 1.165) is 12.8 Å². The zero-order valence-electron chi connectivity index (χ0n) is 22.3. The van der Waals surface area contributed by atoms with Crippen molar-refractivity contribution in [3.8, 4) is 0 Å². The van der Waals surface area contributed by atoms with Gasteiger partial charge >= 0.3 is 18.0 Å². The van der Waals surface area contributed by atoms with E-state index < -0.39 is 54.9 Å². The summed E-state index contributed by atoms with van der Waals surface area (Å²) in [5.41, 5.74) is -0.577. The summed E-state index contributed by atoms with van der Waals surface area (Å²) in [5.74, 6) is -1.27. The Morgan fingerprint density at radius 3 is 2.06 bits per heavy atom. The van der Waals surface area contributed by atoms with Crippen LogP contribution in [-0.4, -0.2) is 94.3 Å². The van der Waals surface area contributed by atoms with Crippen molar-refractivity contribution in [1.82, 2.24) is 4.90 Å². The Bertz CT molecular complexity index is 680. The molecule has 0 spiro atoms. The van der Waals surface area contributed by atoms with E-state index >= 15 is 0 Å². The number of hydrogen-bond donors (Lipinski definition) is 3. The summed E-state index contributed by atoms with van der Waals surface area (Å²) >= 11 is 0. The van der Waals surface area contributed by atoms with Gasteiger partial charge in [-0.2, -0.15) is 0 Å². The molecule has 1 aliphatic heterocycles. The number of ether oxygens (including phenoxy) is 4. The molecule has 11 heteroatoms. The lowest BCUT2D eigenvalue weighted by molar-refractivity contribution is -0.293. The van der Waals surface area contributed by atoms with Gasteiger partial charge in [0.25, 0.3) is 0 Å². The van der Waals surface area contributed by atoms with Gasteiger partial charge in [-0.15, -0.1) is 0 Å². The van der Waals surface area contributed by atoms with Gasteiger partial charge in [-0.05, 0) is 46.5 Å². The van der Waals surface area contributed by atoms with Gasteiger partial charge in [0.15, 0.2) is 18.5 Å². The van der Waals surface area contributed by atoms with Crippen LogP contribution in [-0.2, 0) is 28.5 Å². The minimum absolute atomic E-state index is 0.0275. The maximum atomic E-state index is 12.4. The topological polar surface area (TPSA) is 152 Å². The molecule has 1 fully saturated rings. The third-order valence-electron chi connectivity index (χ3n) is 5.55. The molecule has 0 aromatic rings. The van der Waals surface area contributed by atoms with Gasteiger partial charge in [-0.3, -0.25) is 9.59 Å². The van der Waals surface area contributed by atoms with Crippen molar-refractivity contribution in [1.29, 1.82) is 0 Å². The molecule has 0 radical (unpaired) electrons. The van der Waals surface area contributed by atoms with Crippen molar-refractivity contribution in [2.75, 3.05) is 19.7 Å². The van der Waals surface area contributed by atoms with Crippen LogP contribution in [0.15, 0.2) is 0 Å². The number of amides is 1. The fourth-order valence-corrected chi connectivity index (χ4v) is 3.66. The summed E-state index contributed by atoms with van der Waals surface area (Å²) in [6.45, 7) is 9.78. The van der Waals surface area contributed by atoms with Gasteiger partial charge in [-0.1, -0.05) is 26.7 Å². The number of nitrogens with zero attached hydrogens (tertiary/aromatic N) is 1. The largest absolute Gasteiger partial charge is 0.455 e. The van der Waals surface area contributed by atoms with E-state index in [-0.39, 0.29) is 18.9 Å². The van der Waals surface area contributed by atoms with Crippen molar-refractivity contribution in [2.24, 2.45) is 0 Å². The lowest BCUT2D eigenvalue weighted by Gasteiger charge is -2.41. The van der Waals surface area contributed by atoms with E-state index in [4.69, 9.17) is 18.9 Å². The summed E-state index contributed by atoms with van der Waals surface area (Å²) in [7, 11) is 0. The maximum Gasteiger partial charge on any atom is 0.410 e. The lowest BCUT2D eigenvalue weighted by Crippen LogP contribution is -2.61. The molecule has 0 aliphatic carbocycles. The molecule has 1 heterocycles. The number of carbonyl (C=O) groups excluding carboxylic acids is 3. The smallest absolute Gasteiger partial charge is 0.410 e. The van der Waals surface area contributed by atoms with Gasteiger partial charge in [0.05, 0.1) is 6.61 Å². The van der Waals surface area contributed by atoms with Crippen LogP contribution in [0.1, 0.15) is 86.0 Å². The molecule has 3 N–H and O–H groups in total. The fourth-order valence-electron chi connectivity index (χ4n) is 3.66. The minimum atomic E-state index is -1.67. The average molecular weight is 520 g/mol. The quantitative estimate of drug-likeness (QED) is 0.177. The van der Waals surface area contributed by atoms with E-state index in [1.807, 2.05) is 27.7 Å². The van der Waals surface area contributed by atoms with E-state index in [1.54, 1.807) is 11.8 Å². The molecule has 210 valence electrons. The highest BCUT2D eigenvalue weighted by Gasteiger charge is 2.49. The van der Waals surface area contributed by atoms with E-state index in [9.17, 15) is 29.7 Å². The lowest BCUT2D eigenvalue weighted by atomic mass is 9.98. The van der Waals surface area contributed by atoms with Gasteiger partial charge in [0.2, 0.25) is 0 Å². The molecule has 1 aliphatic rings. The fraction of sp³-hybridized carbons (Fsp3) is 0.880. The number of aliphatic hydroxyl groups excluding tert-OH is 3. The molecule has 1 saturated heterocycles. The van der Waals surface area contributed by atoms with Crippen LogP contribution >= 0.6 is 0 Å². The van der Waals surface area contributed by atoms with Crippen molar-refractivity contribution in [3.05, 3.63) is 0 Å². The number of aliphatic hydroxyl groups is 3. The number of esters is 2. The predicted octanol–water partition coefficient (Wildman–Crippen LogP) is 2.28. The van der Waals surface area contributed by atoms with Crippen LogP contribution in [0.4, 0.5) is 4.79 Å². The van der Waals surface area contributed by atoms with Crippen LogP contribution in [0.3, 0.4) is 0 Å². The molecule has 11 nitrogen and oxygen atoms in total. The molecule has 5 atom stereocenters. The van der Waals surface area contributed by atoms with Gasteiger partial charge in [-0.25, -0.2) is 4.79 Å². The molecular weight excluding hydrogens is 474 g/mol. The highest BCUT2D eigenvalue weighted by atomic mass is 16.7. The molecule has 0 bridgehead atoms. The van der Waals surface area contributed by atoms with Crippen LogP contribution in [0.2, 0.25) is 0 Å². The monoisotopic (exact) mass is 519 g/mol. The van der Waals surface area contributed by atoms with Crippen LogP contribution in [0, 0.1) is 0 Å². The van der Waals surface area contributed by atoms with Crippen molar-refractivity contribution in [2.45, 2.75) is 122 Å². The number of carbonyl (C=O) groups is 3. The van der Waals surface area contributed by atoms with Gasteiger partial charge < -0.3 is 39.2 Å². The SMILES string of the molecule is CCCCN(CCCCCC(=O)OC1[C@H](O)OC(CO)[C@@H](O)[C@@H]1OC(=O)CCC)C(=O)OC(C)(C)C. The molecule has 0 aromatic carbocycles. The van der Waals surface area contributed by atoms with Crippen LogP contribution < -0.4 is 0 Å². The standard InChI is InChI=1S/C25H45NO10/c1-6-8-14-26(24(32)36-25(3,4)5)15-11-9-10-13-19(29)35-22-21(34-18(28)12-7-2)20(30)17(16-27)33-23(22)31/h17,20-23,27,30-31H,6-16H2,1-5H3/t17?,20-,21+,22?,23-/m1/s1. The van der Waals surface area contributed by atoms with Crippen molar-refractivity contribution in [3.63, 3.8) is 0 Å². The van der Waals surface area contributed by atoms with Gasteiger partial charge in [0, 0.05) is 25.9 Å². The molecular formula is C25H45NO10. The minimum Gasteiger partial charge on any atom is -0.455 e.